The van der Waals surface area contributed by atoms with Crippen molar-refractivity contribution >= 4 is 11.8 Å². The van der Waals surface area contributed by atoms with E-state index in [-0.39, 0.29) is 11.8 Å². The molecule has 2 saturated heterocycles. The summed E-state index contributed by atoms with van der Waals surface area (Å²) in [7, 11) is 1.66. The van der Waals surface area contributed by atoms with Crippen molar-refractivity contribution in [1.82, 2.24) is 9.80 Å². The maximum atomic E-state index is 12.6. The van der Waals surface area contributed by atoms with E-state index < -0.39 is 0 Å². The predicted molar refractivity (Wildman–Crippen MR) is 101 cm³/mol. The third-order valence-electron chi connectivity index (χ3n) is 6.02. The Morgan fingerprint density at radius 2 is 1.62 bits per heavy atom. The Kier molecular flexibility index (Phi) is 6.17. The zero-order valence-corrected chi connectivity index (χ0v) is 15.9. The molecule has 0 aromatic heterocycles. The van der Waals surface area contributed by atoms with Crippen LogP contribution in [-0.2, 0) is 16.0 Å². The van der Waals surface area contributed by atoms with Crippen LogP contribution in [0.4, 0.5) is 0 Å². The van der Waals surface area contributed by atoms with Crippen LogP contribution >= 0.6 is 0 Å². The molecule has 2 aliphatic rings. The molecule has 0 bridgehead atoms. The largest absolute Gasteiger partial charge is 0.497 e. The van der Waals surface area contributed by atoms with Crippen molar-refractivity contribution in [2.45, 2.75) is 39.0 Å². The highest BCUT2D eigenvalue weighted by atomic mass is 16.5. The van der Waals surface area contributed by atoms with Crippen molar-refractivity contribution < 1.29 is 14.3 Å². The number of nitrogens with zero attached hydrogens (tertiary/aromatic N) is 2. The van der Waals surface area contributed by atoms with Crippen LogP contribution in [0.15, 0.2) is 24.3 Å². The lowest BCUT2D eigenvalue weighted by molar-refractivity contribution is -0.130. The molecular weight excluding hydrogens is 328 g/mol. The lowest BCUT2D eigenvalue weighted by Crippen LogP contribution is -2.39. The van der Waals surface area contributed by atoms with Crippen LogP contribution in [0.3, 0.4) is 0 Å². The minimum Gasteiger partial charge on any atom is -0.497 e. The fourth-order valence-electron chi connectivity index (χ4n) is 4.29. The van der Waals surface area contributed by atoms with E-state index in [1.807, 2.05) is 34.1 Å². The molecule has 3 rings (SSSR count). The van der Waals surface area contributed by atoms with Crippen LogP contribution < -0.4 is 4.74 Å². The van der Waals surface area contributed by atoms with E-state index >= 15 is 0 Å². The first-order chi connectivity index (χ1) is 12.6. The molecule has 0 spiro atoms. The molecule has 1 unspecified atom stereocenters. The summed E-state index contributed by atoms with van der Waals surface area (Å²) in [5.41, 5.74) is 1.17. The molecule has 1 aromatic rings. The molecular formula is C21H30N2O3. The smallest absolute Gasteiger partial charge is 0.222 e. The molecule has 0 N–H and O–H groups in total. The monoisotopic (exact) mass is 358 g/mol. The van der Waals surface area contributed by atoms with E-state index in [0.29, 0.717) is 18.3 Å². The van der Waals surface area contributed by atoms with E-state index in [0.717, 1.165) is 57.6 Å². The van der Waals surface area contributed by atoms with Gasteiger partial charge < -0.3 is 14.5 Å². The fourth-order valence-corrected chi connectivity index (χ4v) is 4.29. The van der Waals surface area contributed by atoms with Gasteiger partial charge in [0.1, 0.15) is 5.75 Å². The molecule has 1 atom stereocenters. The lowest BCUT2D eigenvalue weighted by Gasteiger charge is -2.34. The number of methoxy groups -OCH3 is 1. The lowest BCUT2D eigenvalue weighted by atomic mass is 9.84. The molecule has 142 valence electrons. The molecule has 5 nitrogen and oxygen atoms in total. The first-order valence-electron chi connectivity index (χ1n) is 9.73. The summed E-state index contributed by atoms with van der Waals surface area (Å²) >= 11 is 0. The highest BCUT2D eigenvalue weighted by Crippen LogP contribution is 2.32. The van der Waals surface area contributed by atoms with Crippen molar-refractivity contribution in [3.8, 4) is 5.75 Å². The average molecular weight is 358 g/mol. The Bertz CT molecular complexity index is 621. The van der Waals surface area contributed by atoms with Gasteiger partial charge in [0.25, 0.3) is 0 Å². The van der Waals surface area contributed by atoms with Gasteiger partial charge in [-0.2, -0.15) is 0 Å². The second-order valence-electron chi connectivity index (χ2n) is 7.58. The van der Waals surface area contributed by atoms with E-state index in [1.165, 1.54) is 5.56 Å². The maximum absolute atomic E-state index is 12.6. The van der Waals surface area contributed by atoms with Gasteiger partial charge in [-0.05, 0) is 55.2 Å². The van der Waals surface area contributed by atoms with E-state index in [9.17, 15) is 9.59 Å². The topological polar surface area (TPSA) is 49.9 Å². The van der Waals surface area contributed by atoms with Crippen molar-refractivity contribution in [2.75, 3.05) is 33.3 Å². The summed E-state index contributed by atoms with van der Waals surface area (Å²) in [4.78, 5) is 28.0. The van der Waals surface area contributed by atoms with Crippen LogP contribution in [0.1, 0.15) is 38.2 Å². The van der Waals surface area contributed by atoms with Gasteiger partial charge >= 0.3 is 0 Å². The third kappa shape index (κ3) is 4.57. The summed E-state index contributed by atoms with van der Waals surface area (Å²) in [6.45, 7) is 5.19. The van der Waals surface area contributed by atoms with Crippen LogP contribution in [-0.4, -0.2) is 54.9 Å². The van der Waals surface area contributed by atoms with E-state index in [2.05, 4.69) is 0 Å². The Labute approximate surface area is 156 Å². The Hall–Kier alpha value is -2.04. The third-order valence-corrected chi connectivity index (χ3v) is 6.02. The number of aryl methyl sites for hydroxylation is 1. The molecule has 1 aromatic carbocycles. The number of piperidine rings is 1. The molecule has 5 heteroatoms. The van der Waals surface area contributed by atoms with Crippen molar-refractivity contribution in [3.63, 3.8) is 0 Å². The second-order valence-corrected chi connectivity index (χ2v) is 7.58. The quantitative estimate of drug-likeness (QED) is 0.813. The van der Waals surface area contributed by atoms with Crippen LogP contribution in [0.25, 0.3) is 0 Å². The number of carbonyl (C=O) groups excluding carboxylic acids is 2. The fraction of sp³-hybridized carbons (Fsp3) is 0.619. The molecule has 0 aliphatic carbocycles. The number of likely N-dealkylation sites (tertiary alicyclic amines) is 2. The van der Waals surface area contributed by atoms with Gasteiger partial charge in [-0.1, -0.05) is 12.1 Å². The van der Waals surface area contributed by atoms with Crippen LogP contribution in [0, 0.1) is 11.8 Å². The number of carbonyl (C=O) groups is 2. The van der Waals surface area contributed by atoms with Gasteiger partial charge in [-0.25, -0.2) is 0 Å². The molecule has 2 heterocycles. The maximum Gasteiger partial charge on any atom is 0.222 e. The van der Waals surface area contributed by atoms with Gasteiger partial charge in [-0.3, -0.25) is 9.59 Å². The summed E-state index contributed by atoms with van der Waals surface area (Å²) in [5.74, 6) is 2.56. The molecule has 2 aliphatic heterocycles. The Morgan fingerprint density at radius 1 is 1.00 bits per heavy atom. The SMILES string of the molecule is COc1ccc(CCC(=O)N2CCC(C3CCN(C(C)=O)CC3)C2)cc1. The number of hydrogen-bond acceptors (Lipinski definition) is 3. The molecule has 0 radical (unpaired) electrons. The summed E-state index contributed by atoms with van der Waals surface area (Å²) in [6.07, 6.45) is 4.62. The molecule has 0 saturated carbocycles. The number of benzene rings is 1. The van der Waals surface area contributed by atoms with E-state index in [4.69, 9.17) is 4.74 Å². The number of rotatable bonds is 5. The van der Waals surface area contributed by atoms with E-state index in [1.54, 1.807) is 14.0 Å². The summed E-state index contributed by atoms with van der Waals surface area (Å²) in [6, 6.07) is 7.95. The van der Waals surface area contributed by atoms with Gasteiger partial charge in [0.15, 0.2) is 0 Å². The van der Waals surface area contributed by atoms with Gasteiger partial charge in [0, 0.05) is 39.5 Å². The van der Waals surface area contributed by atoms with Gasteiger partial charge in [-0.15, -0.1) is 0 Å². The van der Waals surface area contributed by atoms with Crippen LogP contribution in [0.2, 0.25) is 0 Å². The normalized spacial score (nSPS) is 21.1. The second kappa shape index (κ2) is 8.56. The van der Waals surface area contributed by atoms with Gasteiger partial charge in [0.2, 0.25) is 11.8 Å². The average Bonchev–Trinajstić information content (AvgIpc) is 3.17. The van der Waals surface area contributed by atoms with Crippen LogP contribution in [0.5, 0.6) is 5.75 Å². The molecule has 2 fully saturated rings. The minimum atomic E-state index is 0.185. The number of amides is 2. The summed E-state index contributed by atoms with van der Waals surface area (Å²) in [5, 5.41) is 0. The van der Waals surface area contributed by atoms with Crippen molar-refractivity contribution in [3.05, 3.63) is 29.8 Å². The van der Waals surface area contributed by atoms with Crippen molar-refractivity contribution in [1.29, 1.82) is 0 Å². The predicted octanol–water partition coefficient (Wildman–Crippen LogP) is 2.73. The zero-order chi connectivity index (χ0) is 18.5. The highest BCUT2D eigenvalue weighted by molar-refractivity contribution is 5.76. The van der Waals surface area contributed by atoms with Gasteiger partial charge in [0.05, 0.1) is 7.11 Å². The number of ether oxygens (including phenoxy) is 1. The first-order valence-corrected chi connectivity index (χ1v) is 9.73. The zero-order valence-electron chi connectivity index (χ0n) is 15.9. The number of hydrogen-bond donors (Lipinski definition) is 0. The molecule has 26 heavy (non-hydrogen) atoms. The summed E-state index contributed by atoms with van der Waals surface area (Å²) < 4.78 is 5.17. The standard InChI is InChI=1S/C21H30N2O3/c1-16(24)22-12-9-18(10-13-22)19-11-14-23(15-19)21(25)8-5-17-3-6-20(26-2)7-4-17/h3-4,6-7,18-19H,5,8-15H2,1-2H3. The Balaban J connectivity index is 1.43. The highest BCUT2D eigenvalue weighted by Gasteiger charge is 2.33. The van der Waals surface area contributed by atoms with Crippen molar-refractivity contribution in [2.24, 2.45) is 11.8 Å². The Morgan fingerprint density at radius 3 is 2.23 bits per heavy atom. The first kappa shape index (κ1) is 18.7. The molecule has 2 amide bonds. The minimum absolute atomic E-state index is 0.185.